The van der Waals surface area contributed by atoms with E-state index in [0.717, 1.165) is 36.8 Å². The molecule has 0 aliphatic carbocycles. The third-order valence-electron chi connectivity index (χ3n) is 3.43. The maximum Gasteiger partial charge on any atom is 0.184 e. The zero-order chi connectivity index (χ0) is 12.4. The SMILES string of the molecule is NCC1CN(c2cccc3c2OCCO3)CCN1. The number of hydrogen-bond donors (Lipinski definition) is 2. The van der Waals surface area contributed by atoms with Crippen LogP contribution in [0.2, 0.25) is 0 Å². The van der Waals surface area contributed by atoms with Gasteiger partial charge >= 0.3 is 0 Å². The number of nitrogens with zero attached hydrogens (tertiary/aromatic N) is 1. The maximum atomic E-state index is 5.76. The van der Waals surface area contributed by atoms with Gasteiger partial charge in [0.05, 0.1) is 5.69 Å². The first-order valence-corrected chi connectivity index (χ1v) is 6.45. The summed E-state index contributed by atoms with van der Waals surface area (Å²) in [6.45, 7) is 4.74. The second kappa shape index (κ2) is 5.04. The molecular formula is C13H19N3O2. The molecule has 3 N–H and O–H groups in total. The van der Waals surface area contributed by atoms with E-state index in [1.54, 1.807) is 0 Å². The van der Waals surface area contributed by atoms with Gasteiger partial charge in [0.25, 0.3) is 0 Å². The number of ether oxygens (including phenoxy) is 2. The molecule has 2 aliphatic heterocycles. The van der Waals surface area contributed by atoms with E-state index in [2.05, 4.69) is 16.3 Å². The molecule has 1 unspecified atom stereocenters. The second-order valence-corrected chi connectivity index (χ2v) is 4.63. The van der Waals surface area contributed by atoms with Crippen LogP contribution in [0.3, 0.4) is 0 Å². The van der Waals surface area contributed by atoms with E-state index >= 15 is 0 Å². The van der Waals surface area contributed by atoms with Crippen LogP contribution >= 0.6 is 0 Å². The van der Waals surface area contributed by atoms with Crippen molar-refractivity contribution < 1.29 is 9.47 Å². The van der Waals surface area contributed by atoms with Crippen molar-refractivity contribution in [3.63, 3.8) is 0 Å². The lowest BCUT2D eigenvalue weighted by Gasteiger charge is -2.36. The summed E-state index contributed by atoms with van der Waals surface area (Å²) in [7, 11) is 0. The molecule has 0 saturated carbocycles. The lowest BCUT2D eigenvalue weighted by atomic mass is 10.1. The van der Waals surface area contributed by atoms with E-state index in [4.69, 9.17) is 15.2 Å². The number of piperazine rings is 1. The van der Waals surface area contributed by atoms with Crippen molar-refractivity contribution >= 4 is 5.69 Å². The molecule has 1 aromatic rings. The van der Waals surface area contributed by atoms with Crippen LogP contribution in [-0.4, -0.2) is 45.4 Å². The molecule has 18 heavy (non-hydrogen) atoms. The van der Waals surface area contributed by atoms with Crippen LogP contribution in [0.25, 0.3) is 0 Å². The highest BCUT2D eigenvalue weighted by atomic mass is 16.6. The van der Waals surface area contributed by atoms with Gasteiger partial charge < -0.3 is 25.4 Å². The summed E-state index contributed by atoms with van der Waals surface area (Å²) < 4.78 is 11.4. The third kappa shape index (κ3) is 2.11. The fourth-order valence-corrected chi connectivity index (χ4v) is 2.51. The highest BCUT2D eigenvalue weighted by Gasteiger charge is 2.24. The number of anilines is 1. The van der Waals surface area contributed by atoms with Gasteiger partial charge in [-0.1, -0.05) is 6.07 Å². The Hall–Kier alpha value is -1.46. The Morgan fingerprint density at radius 1 is 1.33 bits per heavy atom. The van der Waals surface area contributed by atoms with Crippen LogP contribution in [0.1, 0.15) is 0 Å². The lowest BCUT2D eigenvalue weighted by Crippen LogP contribution is -2.53. The van der Waals surface area contributed by atoms with Gasteiger partial charge in [-0.3, -0.25) is 0 Å². The van der Waals surface area contributed by atoms with Gasteiger partial charge in [-0.15, -0.1) is 0 Å². The maximum absolute atomic E-state index is 5.76. The summed E-state index contributed by atoms with van der Waals surface area (Å²) in [6, 6.07) is 6.41. The van der Waals surface area contributed by atoms with Gasteiger partial charge in [-0.25, -0.2) is 0 Å². The molecule has 1 aromatic carbocycles. The average molecular weight is 249 g/mol. The molecule has 5 nitrogen and oxygen atoms in total. The molecule has 1 saturated heterocycles. The van der Waals surface area contributed by atoms with Crippen LogP contribution < -0.4 is 25.4 Å². The third-order valence-corrected chi connectivity index (χ3v) is 3.43. The molecule has 0 bridgehead atoms. The summed E-state index contributed by atoms with van der Waals surface area (Å²) in [5.74, 6) is 1.73. The Morgan fingerprint density at radius 3 is 3.11 bits per heavy atom. The molecule has 0 amide bonds. The topological polar surface area (TPSA) is 59.8 Å². The summed E-state index contributed by atoms with van der Waals surface area (Å²) >= 11 is 0. The van der Waals surface area contributed by atoms with E-state index in [1.807, 2.05) is 12.1 Å². The summed E-state index contributed by atoms with van der Waals surface area (Å²) in [5.41, 5.74) is 6.85. The predicted octanol–water partition coefficient (Wildman–Crippen LogP) is 0.195. The molecule has 5 heteroatoms. The highest BCUT2D eigenvalue weighted by Crippen LogP contribution is 2.39. The van der Waals surface area contributed by atoms with Gasteiger partial charge in [0.15, 0.2) is 11.5 Å². The van der Waals surface area contributed by atoms with E-state index < -0.39 is 0 Å². The molecule has 1 fully saturated rings. The van der Waals surface area contributed by atoms with E-state index in [9.17, 15) is 0 Å². The van der Waals surface area contributed by atoms with Gasteiger partial charge in [0.1, 0.15) is 13.2 Å². The molecule has 2 aliphatic rings. The van der Waals surface area contributed by atoms with Gasteiger partial charge in [-0.05, 0) is 12.1 Å². The standard InChI is InChI=1S/C13H19N3O2/c14-8-10-9-16(5-4-15-10)11-2-1-3-12-13(11)18-7-6-17-12/h1-3,10,15H,4-9,14H2. The van der Waals surface area contributed by atoms with E-state index in [-0.39, 0.29) is 0 Å². The zero-order valence-electron chi connectivity index (χ0n) is 10.4. The number of nitrogens with two attached hydrogens (primary N) is 1. The first-order chi connectivity index (χ1) is 8.88. The molecule has 2 heterocycles. The number of fused-ring (bicyclic) bond motifs is 1. The van der Waals surface area contributed by atoms with Crippen LogP contribution in [-0.2, 0) is 0 Å². The summed E-state index contributed by atoms with van der Waals surface area (Å²) in [6.07, 6.45) is 0. The minimum absolute atomic E-state index is 0.346. The number of benzene rings is 1. The van der Waals surface area contributed by atoms with Crippen molar-refractivity contribution in [1.29, 1.82) is 0 Å². The highest BCUT2D eigenvalue weighted by molar-refractivity contribution is 5.65. The zero-order valence-corrected chi connectivity index (χ0v) is 10.4. The predicted molar refractivity (Wildman–Crippen MR) is 70.5 cm³/mol. The van der Waals surface area contributed by atoms with Crippen molar-refractivity contribution in [2.45, 2.75) is 6.04 Å². The molecule has 0 spiro atoms. The van der Waals surface area contributed by atoms with Crippen LogP contribution in [0.15, 0.2) is 18.2 Å². The molecule has 98 valence electrons. The lowest BCUT2D eigenvalue weighted by molar-refractivity contribution is 0.172. The van der Waals surface area contributed by atoms with Gasteiger partial charge in [0.2, 0.25) is 0 Å². The molecular weight excluding hydrogens is 230 g/mol. The van der Waals surface area contributed by atoms with Crippen molar-refractivity contribution in [3.05, 3.63) is 18.2 Å². The second-order valence-electron chi connectivity index (χ2n) is 4.63. The summed E-state index contributed by atoms with van der Waals surface area (Å²) in [4.78, 5) is 2.32. The van der Waals surface area contributed by atoms with Crippen LogP contribution in [0, 0.1) is 0 Å². The number of hydrogen-bond acceptors (Lipinski definition) is 5. The van der Waals surface area contributed by atoms with Crippen molar-refractivity contribution in [3.8, 4) is 11.5 Å². The van der Waals surface area contributed by atoms with E-state index in [0.29, 0.717) is 25.8 Å². The number of para-hydroxylation sites is 1. The van der Waals surface area contributed by atoms with Crippen molar-refractivity contribution in [2.75, 3.05) is 44.3 Å². The minimum Gasteiger partial charge on any atom is -0.486 e. The fraction of sp³-hybridized carbons (Fsp3) is 0.538. The Labute approximate surface area is 107 Å². The van der Waals surface area contributed by atoms with Crippen LogP contribution in [0.4, 0.5) is 5.69 Å². The van der Waals surface area contributed by atoms with Crippen molar-refractivity contribution in [2.24, 2.45) is 5.73 Å². The van der Waals surface area contributed by atoms with Crippen molar-refractivity contribution in [1.82, 2.24) is 5.32 Å². The first kappa shape index (κ1) is 11.6. The first-order valence-electron chi connectivity index (χ1n) is 6.45. The number of nitrogens with one attached hydrogen (secondary N) is 1. The van der Waals surface area contributed by atoms with Gasteiger partial charge in [-0.2, -0.15) is 0 Å². The smallest absolute Gasteiger partial charge is 0.184 e. The van der Waals surface area contributed by atoms with Crippen LogP contribution in [0.5, 0.6) is 11.5 Å². The normalized spacial score (nSPS) is 22.9. The fourth-order valence-electron chi connectivity index (χ4n) is 2.51. The number of rotatable bonds is 2. The molecule has 0 aromatic heterocycles. The largest absolute Gasteiger partial charge is 0.486 e. The van der Waals surface area contributed by atoms with E-state index in [1.165, 1.54) is 0 Å². The molecule has 0 radical (unpaired) electrons. The average Bonchev–Trinajstić information content (AvgIpc) is 2.47. The monoisotopic (exact) mass is 249 g/mol. The Balaban J connectivity index is 1.87. The molecule has 3 rings (SSSR count). The summed E-state index contributed by atoms with van der Waals surface area (Å²) in [5, 5.41) is 3.41. The minimum atomic E-state index is 0.346. The quantitative estimate of drug-likeness (QED) is 0.784. The van der Waals surface area contributed by atoms with Gasteiger partial charge in [0, 0.05) is 32.2 Å². The Kier molecular flexibility index (Phi) is 3.25. The Morgan fingerprint density at radius 2 is 2.22 bits per heavy atom. The molecule has 1 atom stereocenters. The Bertz CT molecular complexity index is 425.